The van der Waals surface area contributed by atoms with Gasteiger partial charge in [-0.05, 0) is 32.0 Å². The summed E-state index contributed by atoms with van der Waals surface area (Å²) in [6.07, 6.45) is 3.35. The van der Waals surface area contributed by atoms with Crippen LogP contribution in [-0.4, -0.2) is 29.8 Å². The van der Waals surface area contributed by atoms with E-state index in [1.54, 1.807) is 0 Å². The SMILES string of the molecule is Cc1ccc(NCC2=CCNCC2)nn1. The lowest BCUT2D eigenvalue weighted by Crippen LogP contribution is -2.23. The average molecular weight is 204 g/mol. The van der Waals surface area contributed by atoms with Gasteiger partial charge in [-0.15, -0.1) is 5.10 Å². The van der Waals surface area contributed by atoms with Crippen molar-refractivity contribution in [2.24, 2.45) is 0 Å². The second-order valence-corrected chi connectivity index (χ2v) is 3.73. The van der Waals surface area contributed by atoms with Crippen LogP contribution in [0.4, 0.5) is 5.82 Å². The number of rotatable bonds is 3. The van der Waals surface area contributed by atoms with Crippen molar-refractivity contribution < 1.29 is 0 Å². The normalized spacial score (nSPS) is 15.9. The minimum Gasteiger partial charge on any atom is -0.365 e. The van der Waals surface area contributed by atoms with Gasteiger partial charge in [0.25, 0.3) is 0 Å². The Morgan fingerprint density at radius 1 is 1.40 bits per heavy atom. The lowest BCUT2D eigenvalue weighted by Gasteiger charge is -2.14. The van der Waals surface area contributed by atoms with E-state index < -0.39 is 0 Å². The predicted octanol–water partition coefficient (Wildman–Crippen LogP) is 1.12. The van der Waals surface area contributed by atoms with Gasteiger partial charge in [0.1, 0.15) is 5.82 Å². The van der Waals surface area contributed by atoms with Crippen LogP contribution in [0.3, 0.4) is 0 Å². The van der Waals surface area contributed by atoms with Gasteiger partial charge < -0.3 is 10.6 Å². The summed E-state index contributed by atoms with van der Waals surface area (Å²) in [7, 11) is 0. The van der Waals surface area contributed by atoms with Gasteiger partial charge in [0, 0.05) is 13.1 Å². The molecule has 0 aliphatic carbocycles. The Kier molecular flexibility index (Phi) is 3.29. The quantitative estimate of drug-likeness (QED) is 0.724. The fourth-order valence-electron chi connectivity index (χ4n) is 1.53. The summed E-state index contributed by atoms with van der Waals surface area (Å²) in [6.45, 7) is 4.87. The fourth-order valence-corrected chi connectivity index (χ4v) is 1.53. The number of aryl methyl sites for hydroxylation is 1. The highest BCUT2D eigenvalue weighted by Gasteiger charge is 2.02. The summed E-state index contributed by atoms with van der Waals surface area (Å²) in [5.74, 6) is 0.847. The maximum atomic E-state index is 4.06. The second kappa shape index (κ2) is 4.89. The Morgan fingerprint density at radius 2 is 2.33 bits per heavy atom. The number of nitrogens with one attached hydrogen (secondary N) is 2. The molecule has 1 aliphatic heterocycles. The zero-order chi connectivity index (χ0) is 10.5. The van der Waals surface area contributed by atoms with Gasteiger partial charge in [0.05, 0.1) is 5.69 Å². The van der Waals surface area contributed by atoms with Crippen LogP contribution in [0, 0.1) is 6.92 Å². The number of anilines is 1. The molecule has 0 saturated heterocycles. The third-order valence-corrected chi connectivity index (χ3v) is 2.45. The van der Waals surface area contributed by atoms with Crippen molar-refractivity contribution in [1.82, 2.24) is 15.5 Å². The lowest BCUT2D eigenvalue weighted by atomic mass is 10.1. The molecule has 2 heterocycles. The molecule has 4 nitrogen and oxygen atoms in total. The largest absolute Gasteiger partial charge is 0.365 e. The van der Waals surface area contributed by atoms with Crippen LogP contribution in [0.25, 0.3) is 0 Å². The summed E-state index contributed by atoms with van der Waals surface area (Å²) in [4.78, 5) is 0. The van der Waals surface area contributed by atoms with Gasteiger partial charge >= 0.3 is 0 Å². The Balaban J connectivity index is 1.87. The summed E-state index contributed by atoms with van der Waals surface area (Å²) >= 11 is 0. The predicted molar refractivity (Wildman–Crippen MR) is 60.8 cm³/mol. The van der Waals surface area contributed by atoms with E-state index in [4.69, 9.17) is 0 Å². The first kappa shape index (κ1) is 10.1. The van der Waals surface area contributed by atoms with Crippen LogP contribution in [0.15, 0.2) is 23.8 Å². The van der Waals surface area contributed by atoms with Gasteiger partial charge in [-0.2, -0.15) is 5.10 Å². The van der Waals surface area contributed by atoms with Crippen molar-refractivity contribution in [3.05, 3.63) is 29.5 Å². The molecule has 0 bridgehead atoms. The molecule has 15 heavy (non-hydrogen) atoms. The van der Waals surface area contributed by atoms with Crippen LogP contribution in [0.1, 0.15) is 12.1 Å². The third kappa shape index (κ3) is 3.02. The standard InChI is InChI=1S/C11H16N4/c1-9-2-3-11(15-14-9)13-8-10-4-6-12-7-5-10/h2-4,12H,5-8H2,1H3,(H,13,15). The smallest absolute Gasteiger partial charge is 0.148 e. The Bertz CT molecular complexity index is 342. The molecule has 0 spiro atoms. The van der Waals surface area contributed by atoms with E-state index in [1.165, 1.54) is 5.57 Å². The first-order valence-electron chi connectivity index (χ1n) is 5.27. The third-order valence-electron chi connectivity index (χ3n) is 2.45. The molecular weight excluding hydrogens is 188 g/mol. The van der Waals surface area contributed by atoms with Crippen LogP contribution in [-0.2, 0) is 0 Å². The number of aromatic nitrogens is 2. The van der Waals surface area contributed by atoms with Gasteiger partial charge in [-0.3, -0.25) is 0 Å². The van der Waals surface area contributed by atoms with Crippen molar-refractivity contribution in [1.29, 1.82) is 0 Å². The molecule has 0 unspecified atom stereocenters. The van der Waals surface area contributed by atoms with Crippen LogP contribution in [0.5, 0.6) is 0 Å². The van der Waals surface area contributed by atoms with Gasteiger partial charge in [-0.1, -0.05) is 11.6 Å². The van der Waals surface area contributed by atoms with E-state index in [-0.39, 0.29) is 0 Å². The molecule has 2 rings (SSSR count). The minimum atomic E-state index is 0.847. The van der Waals surface area contributed by atoms with E-state index in [1.807, 2.05) is 19.1 Å². The molecule has 0 aromatic carbocycles. The molecule has 0 atom stereocenters. The van der Waals surface area contributed by atoms with Crippen molar-refractivity contribution in [2.75, 3.05) is 25.0 Å². The zero-order valence-corrected chi connectivity index (χ0v) is 8.95. The molecule has 1 aliphatic rings. The van der Waals surface area contributed by atoms with E-state index >= 15 is 0 Å². The van der Waals surface area contributed by atoms with Crippen LogP contribution < -0.4 is 10.6 Å². The lowest BCUT2D eigenvalue weighted by molar-refractivity contribution is 0.697. The monoisotopic (exact) mass is 204 g/mol. The zero-order valence-electron chi connectivity index (χ0n) is 8.95. The highest BCUT2D eigenvalue weighted by Crippen LogP contribution is 2.06. The summed E-state index contributed by atoms with van der Waals surface area (Å²) in [6, 6.07) is 3.93. The average Bonchev–Trinajstić information content (AvgIpc) is 2.30. The maximum absolute atomic E-state index is 4.06. The van der Waals surface area contributed by atoms with Gasteiger partial charge in [0.15, 0.2) is 0 Å². The van der Waals surface area contributed by atoms with E-state index in [2.05, 4.69) is 26.9 Å². The second-order valence-electron chi connectivity index (χ2n) is 3.73. The van der Waals surface area contributed by atoms with Crippen LogP contribution >= 0.6 is 0 Å². The Hall–Kier alpha value is -1.42. The Morgan fingerprint density at radius 3 is 3.00 bits per heavy atom. The number of hydrogen-bond acceptors (Lipinski definition) is 4. The molecule has 0 saturated carbocycles. The molecule has 0 amide bonds. The highest BCUT2D eigenvalue weighted by atomic mass is 15.2. The molecule has 0 fully saturated rings. The van der Waals surface area contributed by atoms with Crippen molar-refractivity contribution in [3.8, 4) is 0 Å². The van der Waals surface area contributed by atoms with Crippen molar-refractivity contribution >= 4 is 5.82 Å². The maximum Gasteiger partial charge on any atom is 0.148 e. The molecular formula is C11H16N4. The van der Waals surface area contributed by atoms with Crippen molar-refractivity contribution in [2.45, 2.75) is 13.3 Å². The summed E-state index contributed by atoms with van der Waals surface area (Å²) < 4.78 is 0. The first-order chi connectivity index (χ1) is 7.34. The topological polar surface area (TPSA) is 49.8 Å². The fraction of sp³-hybridized carbons (Fsp3) is 0.455. The van der Waals surface area contributed by atoms with Crippen molar-refractivity contribution in [3.63, 3.8) is 0 Å². The van der Waals surface area contributed by atoms with Gasteiger partial charge in [0.2, 0.25) is 0 Å². The minimum absolute atomic E-state index is 0.847. The first-order valence-corrected chi connectivity index (χ1v) is 5.27. The van der Waals surface area contributed by atoms with Crippen LogP contribution in [0.2, 0.25) is 0 Å². The molecule has 1 aromatic rings. The molecule has 80 valence electrons. The summed E-state index contributed by atoms with van der Waals surface area (Å²) in [5, 5.41) is 14.6. The number of nitrogens with zero attached hydrogens (tertiary/aromatic N) is 2. The van der Waals surface area contributed by atoms with E-state index in [0.29, 0.717) is 0 Å². The summed E-state index contributed by atoms with van der Waals surface area (Å²) in [5.41, 5.74) is 2.39. The highest BCUT2D eigenvalue weighted by molar-refractivity contribution is 5.35. The Labute approximate surface area is 89.8 Å². The van der Waals surface area contributed by atoms with Gasteiger partial charge in [-0.25, -0.2) is 0 Å². The molecule has 4 heteroatoms. The molecule has 0 radical (unpaired) electrons. The number of hydrogen-bond donors (Lipinski definition) is 2. The molecule has 1 aromatic heterocycles. The molecule has 2 N–H and O–H groups in total. The van der Waals surface area contributed by atoms with E-state index in [0.717, 1.165) is 37.6 Å². The van der Waals surface area contributed by atoms with E-state index in [9.17, 15) is 0 Å².